The predicted molar refractivity (Wildman–Crippen MR) is 127 cm³/mol. The van der Waals surface area contributed by atoms with Crippen molar-refractivity contribution in [3.63, 3.8) is 0 Å². The monoisotopic (exact) mass is 476 g/mol. The van der Waals surface area contributed by atoms with E-state index in [0.29, 0.717) is 16.5 Å². The highest BCUT2D eigenvalue weighted by atomic mass is 35.5. The van der Waals surface area contributed by atoms with Crippen molar-refractivity contribution in [1.29, 1.82) is 0 Å². The molecule has 1 amide bonds. The van der Waals surface area contributed by atoms with E-state index in [9.17, 15) is 15.0 Å². The Balaban J connectivity index is 1.60. The Kier molecular flexibility index (Phi) is 6.73. The number of aliphatic hydroxyl groups is 1. The van der Waals surface area contributed by atoms with Crippen molar-refractivity contribution in [1.82, 2.24) is 9.80 Å². The smallest absolute Gasteiger partial charge is 0.226 e. The van der Waals surface area contributed by atoms with Crippen LogP contribution in [0.3, 0.4) is 0 Å². The Morgan fingerprint density at radius 3 is 2.72 bits per heavy atom. The van der Waals surface area contributed by atoms with Gasteiger partial charge in [0.2, 0.25) is 5.91 Å². The number of carbonyl (C=O) groups is 1. The van der Waals surface area contributed by atoms with Crippen LogP contribution in [0.15, 0.2) is 42.5 Å². The zero-order valence-electron chi connectivity index (χ0n) is 18.5. The van der Waals surface area contributed by atoms with Crippen molar-refractivity contribution < 1.29 is 15.0 Å². The first-order valence-electron chi connectivity index (χ1n) is 11.1. The zero-order valence-corrected chi connectivity index (χ0v) is 20.0. The molecule has 4 rings (SSSR count). The third kappa shape index (κ3) is 4.49. The number of fused-ring (bicyclic) bond motifs is 1. The number of likely N-dealkylation sites (tertiary alicyclic amines) is 1. The molecule has 1 unspecified atom stereocenters. The molecule has 1 saturated carbocycles. The lowest BCUT2D eigenvalue weighted by Gasteiger charge is -2.55. The molecule has 5 nitrogen and oxygen atoms in total. The second-order valence-corrected chi connectivity index (χ2v) is 10.2. The molecule has 172 valence electrons. The number of likely N-dealkylation sites (N-methyl/N-ethyl adjacent to an activating group) is 1. The van der Waals surface area contributed by atoms with E-state index in [1.807, 2.05) is 31.3 Å². The van der Waals surface area contributed by atoms with Gasteiger partial charge in [-0.25, -0.2) is 0 Å². The molecule has 2 aromatic rings. The fraction of sp³-hybridized carbons (Fsp3) is 0.480. The lowest BCUT2D eigenvalue weighted by molar-refractivity contribution is -0.135. The van der Waals surface area contributed by atoms with Crippen LogP contribution >= 0.6 is 23.2 Å². The number of halogens is 2. The van der Waals surface area contributed by atoms with Crippen LogP contribution in [0.4, 0.5) is 0 Å². The number of aromatic hydroxyl groups is 1. The molecule has 2 fully saturated rings. The van der Waals surface area contributed by atoms with E-state index in [1.165, 1.54) is 0 Å². The third-order valence-electron chi connectivity index (χ3n) is 7.44. The van der Waals surface area contributed by atoms with Gasteiger partial charge in [-0.15, -0.1) is 0 Å². The predicted octanol–water partition coefficient (Wildman–Crippen LogP) is 4.11. The van der Waals surface area contributed by atoms with E-state index in [2.05, 4.69) is 11.9 Å². The van der Waals surface area contributed by atoms with Crippen molar-refractivity contribution >= 4 is 29.1 Å². The highest BCUT2D eigenvalue weighted by Gasteiger charge is 2.52. The van der Waals surface area contributed by atoms with Crippen LogP contribution in [0.25, 0.3) is 0 Å². The lowest BCUT2D eigenvalue weighted by Crippen LogP contribution is -2.60. The topological polar surface area (TPSA) is 64.0 Å². The van der Waals surface area contributed by atoms with Crippen molar-refractivity contribution in [3.05, 3.63) is 63.6 Å². The number of hydrogen-bond donors (Lipinski definition) is 2. The average molecular weight is 477 g/mol. The van der Waals surface area contributed by atoms with Crippen molar-refractivity contribution in [2.24, 2.45) is 5.92 Å². The summed E-state index contributed by atoms with van der Waals surface area (Å²) in [5.74, 6) is 0.270. The summed E-state index contributed by atoms with van der Waals surface area (Å²) in [6.45, 7) is 1.71. The summed E-state index contributed by atoms with van der Waals surface area (Å²) in [4.78, 5) is 17.2. The van der Waals surface area contributed by atoms with Gasteiger partial charge in [-0.1, -0.05) is 41.4 Å². The van der Waals surface area contributed by atoms with Crippen molar-refractivity contribution in [3.8, 4) is 5.75 Å². The fourth-order valence-corrected chi connectivity index (χ4v) is 5.93. The summed E-state index contributed by atoms with van der Waals surface area (Å²) in [5.41, 5.74) is 1.57. The van der Waals surface area contributed by atoms with Gasteiger partial charge >= 0.3 is 0 Å². The zero-order chi connectivity index (χ0) is 23.0. The Labute approximate surface area is 199 Å². The average Bonchev–Trinajstić information content (AvgIpc) is 2.76. The van der Waals surface area contributed by atoms with Crippen molar-refractivity contribution in [2.45, 2.75) is 43.2 Å². The van der Waals surface area contributed by atoms with Gasteiger partial charge in [-0.2, -0.15) is 0 Å². The third-order valence-corrected chi connectivity index (χ3v) is 8.18. The van der Waals surface area contributed by atoms with Crippen LogP contribution in [-0.2, 0) is 16.6 Å². The molecular formula is C25H30Cl2N2O3. The molecule has 0 bridgehead atoms. The molecule has 0 spiro atoms. The molecular weight excluding hydrogens is 447 g/mol. The van der Waals surface area contributed by atoms with Crippen LogP contribution in [0.1, 0.15) is 30.4 Å². The van der Waals surface area contributed by atoms with E-state index in [-0.39, 0.29) is 35.5 Å². The number of rotatable bonds is 4. The van der Waals surface area contributed by atoms with Gasteiger partial charge in [0, 0.05) is 31.0 Å². The number of phenols is 1. The minimum absolute atomic E-state index is 0.0157. The minimum atomic E-state index is -0.529. The molecule has 1 aliphatic heterocycles. The summed E-state index contributed by atoms with van der Waals surface area (Å²) in [6.07, 6.45) is 1.88. The number of carbonyl (C=O) groups excluding carboxylic acids is 1. The number of benzene rings is 2. The van der Waals surface area contributed by atoms with E-state index in [0.717, 1.165) is 37.1 Å². The van der Waals surface area contributed by atoms with Crippen LogP contribution in [0.2, 0.25) is 10.0 Å². The first-order valence-corrected chi connectivity index (χ1v) is 11.8. The van der Waals surface area contributed by atoms with Crippen LogP contribution in [0.5, 0.6) is 5.75 Å². The largest absolute Gasteiger partial charge is 0.508 e. The maximum absolute atomic E-state index is 13.1. The molecule has 2 aliphatic rings. The molecule has 2 aromatic carbocycles. The van der Waals surface area contributed by atoms with Crippen LogP contribution in [-0.4, -0.2) is 65.3 Å². The Hall–Kier alpha value is -1.79. The van der Waals surface area contributed by atoms with Gasteiger partial charge in [0.25, 0.3) is 0 Å². The molecule has 2 N–H and O–H groups in total. The summed E-state index contributed by atoms with van der Waals surface area (Å²) in [7, 11) is 3.90. The van der Waals surface area contributed by atoms with E-state index in [1.54, 1.807) is 23.1 Å². The number of amides is 1. The Morgan fingerprint density at radius 2 is 2.00 bits per heavy atom. The number of piperidine rings is 1. The number of nitrogens with zero attached hydrogens (tertiary/aromatic N) is 2. The lowest BCUT2D eigenvalue weighted by atomic mass is 9.57. The van der Waals surface area contributed by atoms with Gasteiger partial charge in [0.05, 0.1) is 22.6 Å². The van der Waals surface area contributed by atoms with E-state index in [4.69, 9.17) is 23.2 Å². The van der Waals surface area contributed by atoms with Crippen molar-refractivity contribution in [2.75, 3.05) is 27.2 Å². The number of phenolic OH excluding ortho intramolecular Hbond substituents is 1. The number of hydrogen-bond acceptors (Lipinski definition) is 4. The molecule has 32 heavy (non-hydrogen) atoms. The van der Waals surface area contributed by atoms with E-state index < -0.39 is 6.10 Å². The van der Waals surface area contributed by atoms with Crippen LogP contribution in [0, 0.1) is 5.92 Å². The molecule has 7 heteroatoms. The summed E-state index contributed by atoms with van der Waals surface area (Å²) in [5, 5.41) is 22.3. The second kappa shape index (κ2) is 9.22. The second-order valence-electron chi connectivity index (χ2n) is 9.42. The Bertz CT molecular complexity index is 1000. The Morgan fingerprint density at radius 1 is 1.22 bits per heavy atom. The van der Waals surface area contributed by atoms with Gasteiger partial charge in [0.1, 0.15) is 5.75 Å². The van der Waals surface area contributed by atoms with Crippen LogP contribution < -0.4 is 0 Å². The molecule has 1 saturated heterocycles. The first kappa shape index (κ1) is 23.4. The normalized spacial score (nSPS) is 28.2. The highest BCUT2D eigenvalue weighted by molar-refractivity contribution is 6.42. The molecule has 1 heterocycles. The summed E-state index contributed by atoms with van der Waals surface area (Å²) < 4.78 is 0. The maximum Gasteiger partial charge on any atom is 0.226 e. The number of aliphatic hydroxyl groups excluding tert-OH is 1. The quantitative estimate of drug-likeness (QED) is 0.696. The van der Waals surface area contributed by atoms with Gasteiger partial charge in [0.15, 0.2) is 0 Å². The summed E-state index contributed by atoms with van der Waals surface area (Å²) >= 11 is 12.1. The van der Waals surface area contributed by atoms with E-state index >= 15 is 0 Å². The van der Waals surface area contributed by atoms with Gasteiger partial charge in [-0.05, 0) is 68.2 Å². The SMILES string of the molecule is CN1CC[C@@]2(c3cccc(O)c3)C[C@H](N(C)C(=O)Cc3ccc(Cl)c(Cl)c3)CC(O)[C@@H]2C1. The highest BCUT2D eigenvalue weighted by Crippen LogP contribution is 2.50. The maximum atomic E-state index is 13.1. The molecule has 1 aliphatic carbocycles. The van der Waals surface area contributed by atoms with Gasteiger partial charge < -0.3 is 20.0 Å². The molecule has 0 radical (unpaired) electrons. The fourth-order valence-electron chi connectivity index (χ4n) is 5.61. The standard InChI is InChI=1S/C25H30Cl2N2O3/c1-28-9-8-25(17-4-3-5-19(30)12-17)14-18(13-23(31)20(25)15-28)29(2)24(32)11-16-6-7-21(26)22(27)10-16/h3-7,10,12,18,20,23,30-31H,8-9,11,13-15H2,1-2H3/t18-,20+,23?,25+/m1/s1. The first-order chi connectivity index (χ1) is 15.2. The molecule has 4 atom stereocenters. The summed E-state index contributed by atoms with van der Waals surface area (Å²) in [6, 6.07) is 12.6. The minimum Gasteiger partial charge on any atom is -0.508 e. The van der Waals surface area contributed by atoms with Gasteiger partial charge in [-0.3, -0.25) is 4.79 Å². The molecule has 0 aromatic heterocycles.